The molecule has 1 aromatic carbocycles. The molecule has 2 rings (SSSR count). The second-order valence-electron chi connectivity index (χ2n) is 5.08. The molecule has 1 aliphatic rings. The third-order valence-corrected chi connectivity index (χ3v) is 4.56. The molecule has 1 heteroatoms. The van der Waals surface area contributed by atoms with Crippen molar-refractivity contribution in [3.8, 4) is 0 Å². The molecule has 16 heavy (non-hydrogen) atoms. The van der Waals surface area contributed by atoms with E-state index in [1.54, 1.807) is 5.56 Å². The Morgan fingerprint density at radius 2 is 1.88 bits per heavy atom. The highest BCUT2D eigenvalue weighted by atomic mass is 31.1. The maximum absolute atomic E-state index is 2.39. The molecule has 0 heterocycles. The molecule has 1 atom stereocenters. The molecule has 0 N–H and O–H groups in total. The molecule has 1 fully saturated rings. The van der Waals surface area contributed by atoms with Crippen molar-refractivity contribution in [1.82, 2.24) is 0 Å². The van der Waals surface area contributed by atoms with Crippen molar-refractivity contribution in [2.24, 2.45) is 0 Å². The molecule has 0 nitrogen and oxygen atoms in total. The van der Waals surface area contributed by atoms with Gasteiger partial charge in [0.1, 0.15) is 0 Å². The van der Waals surface area contributed by atoms with E-state index in [2.05, 4.69) is 37.9 Å². The van der Waals surface area contributed by atoms with Crippen molar-refractivity contribution in [2.75, 3.05) is 12.8 Å². The Balaban J connectivity index is 2.02. The monoisotopic (exact) mass is 234 g/mol. The average molecular weight is 234 g/mol. The van der Waals surface area contributed by atoms with Crippen LogP contribution in [0.5, 0.6) is 0 Å². The van der Waals surface area contributed by atoms with E-state index in [1.807, 2.05) is 0 Å². The molecule has 88 valence electrons. The van der Waals surface area contributed by atoms with E-state index in [1.165, 1.54) is 43.8 Å². The number of hydrogen-bond donors (Lipinski definition) is 0. The van der Waals surface area contributed by atoms with E-state index in [-0.39, 0.29) is 0 Å². The predicted molar refractivity (Wildman–Crippen MR) is 75.1 cm³/mol. The Kier molecular flexibility index (Phi) is 4.03. The van der Waals surface area contributed by atoms with Gasteiger partial charge in [0.25, 0.3) is 0 Å². The summed E-state index contributed by atoms with van der Waals surface area (Å²) in [6.45, 7) is 4.59. The van der Waals surface area contributed by atoms with Gasteiger partial charge in [0.15, 0.2) is 0 Å². The molecule has 0 spiro atoms. The van der Waals surface area contributed by atoms with Gasteiger partial charge >= 0.3 is 0 Å². The van der Waals surface area contributed by atoms with Gasteiger partial charge in [-0.05, 0) is 55.1 Å². The molecule has 1 unspecified atom stereocenters. The van der Waals surface area contributed by atoms with E-state index in [9.17, 15) is 0 Å². The van der Waals surface area contributed by atoms with Crippen molar-refractivity contribution < 1.29 is 0 Å². The van der Waals surface area contributed by atoms with E-state index in [4.69, 9.17) is 0 Å². The smallest absolute Gasteiger partial charge is 0.00464 e. The van der Waals surface area contributed by atoms with Gasteiger partial charge in [0.2, 0.25) is 0 Å². The summed E-state index contributed by atoms with van der Waals surface area (Å²) in [5, 5.41) is 0. The van der Waals surface area contributed by atoms with Gasteiger partial charge in [-0.25, -0.2) is 0 Å². The van der Waals surface area contributed by atoms with E-state index < -0.39 is 0 Å². The molecular formula is C15H23P. The fourth-order valence-corrected chi connectivity index (χ4v) is 3.15. The van der Waals surface area contributed by atoms with Gasteiger partial charge in [0.05, 0.1) is 0 Å². The van der Waals surface area contributed by atoms with Crippen molar-refractivity contribution >= 4 is 8.58 Å². The lowest BCUT2D eigenvalue weighted by molar-refractivity contribution is 0.606. The summed E-state index contributed by atoms with van der Waals surface area (Å²) in [5.41, 5.74) is 3.70. The zero-order valence-electron chi connectivity index (χ0n) is 10.6. The van der Waals surface area contributed by atoms with Gasteiger partial charge in [-0.15, -0.1) is 8.58 Å². The fraction of sp³-hybridized carbons (Fsp3) is 0.600. The maximum Gasteiger partial charge on any atom is -0.00464 e. The molecule has 0 aromatic heterocycles. The SMILES string of the molecule is CCCC1(c2ccc(CCPC)cc2)CC1. The zero-order chi connectivity index (χ0) is 11.4. The lowest BCUT2D eigenvalue weighted by Gasteiger charge is -2.14. The number of aryl methyl sites for hydroxylation is 1. The normalized spacial score (nSPS) is 18.1. The Hall–Kier alpha value is -0.350. The topological polar surface area (TPSA) is 0 Å². The fourth-order valence-electron chi connectivity index (χ4n) is 2.61. The molecule has 0 saturated heterocycles. The Morgan fingerprint density at radius 1 is 1.19 bits per heavy atom. The molecular weight excluding hydrogens is 211 g/mol. The van der Waals surface area contributed by atoms with Crippen LogP contribution in [0.3, 0.4) is 0 Å². The maximum atomic E-state index is 2.39. The van der Waals surface area contributed by atoms with Crippen LogP contribution in [0.2, 0.25) is 0 Å². The molecule has 0 amide bonds. The Morgan fingerprint density at radius 3 is 2.38 bits per heavy atom. The molecule has 0 radical (unpaired) electrons. The van der Waals surface area contributed by atoms with Crippen molar-refractivity contribution in [3.05, 3.63) is 35.4 Å². The first-order valence-corrected chi connectivity index (χ1v) is 8.25. The van der Waals surface area contributed by atoms with Crippen LogP contribution >= 0.6 is 8.58 Å². The summed E-state index contributed by atoms with van der Waals surface area (Å²) < 4.78 is 0. The van der Waals surface area contributed by atoms with Crippen LogP contribution in [0.25, 0.3) is 0 Å². The number of hydrogen-bond acceptors (Lipinski definition) is 0. The minimum Gasteiger partial charge on any atom is -0.125 e. The highest BCUT2D eigenvalue weighted by Crippen LogP contribution is 2.51. The standard InChI is InChI=1S/C15H23P/c1-3-9-15(10-11-15)14-6-4-13(5-7-14)8-12-16-2/h4-7,16H,3,8-12H2,1-2H3. The van der Waals surface area contributed by atoms with E-state index in [0.29, 0.717) is 5.41 Å². The van der Waals surface area contributed by atoms with Gasteiger partial charge in [-0.2, -0.15) is 0 Å². The molecule has 1 aromatic rings. The van der Waals surface area contributed by atoms with Gasteiger partial charge < -0.3 is 0 Å². The molecule has 1 saturated carbocycles. The van der Waals surface area contributed by atoms with Gasteiger partial charge in [-0.1, -0.05) is 37.6 Å². The minimum absolute atomic E-state index is 0.583. The van der Waals surface area contributed by atoms with Gasteiger partial charge in [0, 0.05) is 0 Å². The summed E-state index contributed by atoms with van der Waals surface area (Å²) in [6, 6.07) is 9.48. The molecule has 1 aliphatic carbocycles. The largest absolute Gasteiger partial charge is 0.125 e. The average Bonchev–Trinajstić information content (AvgIpc) is 3.09. The van der Waals surface area contributed by atoms with Crippen LogP contribution < -0.4 is 0 Å². The van der Waals surface area contributed by atoms with Crippen LogP contribution in [0, 0.1) is 0 Å². The Labute approximate surface area is 102 Å². The summed E-state index contributed by atoms with van der Waals surface area (Å²) >= 11 is 0. The highest BCUT2D eigenvalue weighted by molar-refractivity contribution is 7.36. The van der Waals surface area contributed by atoms with Crippen molar-refractivity contribution in [2.45, 2.75) is 44.4 Å². The quantitative estimate of drug-likeness (QED) is 0.641. The zero-order valence-corrected chi connectivity index (χ0v) is 11.6. The first-order chi connectivity index (χ1) is 7.80. The number of benzene rings is 1. The van der Waals surface area contributed by atoms with E-state index >= 15 is 0 Å². The van der Waals surface area contributed by atoms with Crippen LogP contribution in [0.1, 0.15) is 43.7 Å². The lowest BCUT2D eigenvalue weighted by Crippen LogP contribution is -2.05. The van der Waals surface area contributed by atoms with Crippen LogP contribution in [-0.2, 0) is 11.8 Å². The first kappa shape index (κ1) is 12.1. The number of rotatable bonds is 6. The van der Waals surface area contributed by atoms with Crippen LogP contribution in [-0.4, -0.2) is 12.8 Å². The summed E-state index contributed by atoms with van der Waals surface area (Å²) in [4.78, 5) is 0. The predicted octanol–water partition coefficient (Wildman–Crippen LogP) is 4.37. The second kappa shape index (κ2) is 5.32. The van der Waals surface area contributed by atoms with Crippen LogP contribution in [0.4, 0.5) is 0 Å². The lowest BCUT2D eigenvalue weighted by atomic mass is 9.90. The minimum atomic E-state index is 0.583. The first-order valence-electron chi connectivity index (χ1n) is 6.55. The molecule has 0 bridgehead atoms. The third-order valence-electron chi connectivity index (χ3n) is 3.81. The third kappa shape index (κ3) is 2.66. The second-order valence-corrected chi connectivity index (χ2v) is 6.29. The van der Waals surface area contributed by atoms with Crippen molar-refractivity contribution in [1.29, 1.82) is 0 Å². The summed E-state index contributed by atoms with van der Waals surface area (Å²) in [5.74, 6) is 0. The van der Waals surface area contributed by atoms with E-state index in [0.717, 1.165) is 8.58 Å². The van der Waals surface area contributed by atoms with Gasteiger partial charge in [-0.3, -0.25) is 0 Å². The van der Waals surface area contributed by atoms with Crippen molar-refractivity contribution in [3.63, 3.8) is 0 Å². The van der Waals surface area contributed by atoms with Crippen LogP contribution in [0.15, 0.2) is 24.3 Å². The summed E-state index contributed by atoms with van der Waals surface area (Å²) in [6.07, 6.45) is 8.13. The summed E-state index contributed by atoms with van der Waals surface area (Å²) in [7, 11) is 1.08. The highest BCUT2D eigenvalue weighted by Gasteiger charge is 2.42. The Bertz CT molecular complexity index is 322. The molecule has 0 aliphatic heterocycles.